The van der Waals surface area contributed by atoms with Gasteiger partial charge in [-0.3, -0.25) is 0 Å². The first kappa shape index (κ1) is 11.6. The minimum Gasteiger partial charge on any atom is -0.201 e. The molecule has 2 heteroatoms. The molecule has 0 saturated heterocycles. The summed E-state index contributed by atoms with van der Waals surface area (Å²) < 4.78 is 27.9. The molecule has 2 rings (SSSR count). The van der Waals surface area contributed by atoms with Crippen molar-refractivity contribution in [2.24, 2.45) is 5.92 Å². The summed E-state index contributed by atoms with van der Waals surface area (Å²) in [4.78, 5) is 0. The summed E-state index contributed by atoms with van der Waals surface area (Å²) >= 11 is 0. The number of hydrogen-bond donors (Lipinski definition) is 0. The average molecular weight is 224 g/mol. The van der Waals surface area contributed by atoms with Gasteiger partial charge in [0.15, 0.2) is 0 Å². The molecule has 1 atom stereocenters. The Bertz CT molecular complexity index is 419. The Morgan fingerprint density at radius 3 is 2.50 bits per heavy atom. The Hall–Kier alpha value is -0.920. The predicted octanol–water partition coefficient (Wildman–Crippen LogP) is 4.40. The smallest absolute Gasteiger partial charge is 0.201 e. The van der Waals surface area contributed by atoms with Gasteiger partial charge in [-0.2, -0.15) is 0 Å². The van der Waals surface area contributed by atoms with Crippen molar-refractivity contribution in [1.29, 1.82) is 0 Å². The number of alkyl halides is 2. The van der Waals surface area contributed by atoms with Crippen LogP contribution in [0.3, 0.4) is 0 Å². The van der Waals surface area contributed by atoms with E-state index in [0.29, 0.717) is 0 Å². The molecular weight excluding hydrogens is 206 g/mol. The monoisotopic (exact) mass is 224 g/mol. The Labute approximate surface area is 95.7 Å². The molecule has 0 spiro atoms. The first-order valence-corrected chi connectivity index (χ1v) is 5.75. The molecule has 0 fully saturated rings. The third kappa shape index (κ3) is 1.47. The van der Waals surface area contributed by atoms with E-state index < -0.39 is 5.92 Å². The Morgan fingerprint density at radius 1 is 1.25 bits per heavy atom. The minimum atomic E-state index is -2.67. The van der Waals surface area contributed by atoms with Crippen LogP contribution in [0.15, 0.2) is 18.2 Å². The van der Waals surface area contributed by atoms with Crippen molar-refractivity contribution in [3.05, 3.63) is 34.9 Å². The van der Waals surface area contributed by atoms with Crippen LogP contribution in [0.4, 0.5) is 8.78 Å². The second-order valence-electron chi connectivity index (χ2n) is 5.53. The molecule has 0 radical (unpaired) electrons. The number of halogens is 2. The summed E-state index contributed by atoms with van der Waals surface area (Å²) in [5.41, 5.74) is 1.89. The van der Waals surface area contributed by atoms with E-state index >= 15 is 0 Å². The zero-order valence-corrected chi connectivity index (χ0v) is 10.3. The van der Waals surface area contributed by atoms with Gasteiger partial charge in [-0.15, -0.1) is 0 Å². The lowest BCUT2D eigenvalue weighted by molar-refractivity contribution is -0.0493. The van der Waals surface area contributed by atoms with Crippen molar-refractivity contribution < 1.29 is 8.78 Å². The molecule has 0 saturated carbocycles. The second-order valence-corrected chi connectivity index (χ2v) is 5.53. The molecule has 0 nitrogen and oxygen atoms in total. The van der Waals surface area contributed by atoms with Gasteiger partial charge in [0.2, 0.25) is 0 Å². The molecule has 0 bridgehead atoms. The lowest BCUT2D eigenvalue weighted by Crippen LogP contribution is -2.39. The number of fused-ring (bicyclic) bond motifs is 1. The standard InChI is InChI=1S/C14H18F2/c1-9-6-5-7-11-12(9)13(3,4)10(2)8-14(11,15)16/h5-7,10H,8H2,1-4H3. The van der Waals surface area contributed by atoms with Gasteiger partial charge in [-0.1, -0.05) is 39.0 Å². The molecule has 0 aliphatic heterocycles. The fraction of sp³-hybridized carbons (Fsp3) is 0.571. The van der Waals surface area contributed by atoms with Crippen molar-refractivity contribution in [3.8, 4) is 0 Å². The summed E-state index contributed by atoms with van der Waals surface area (Å²) in [6.45, 7) is 7.98. The molecule has 16 heavy (non-hydrogen) atoms. The lowest BCUT2D eigenvalue weighted by atomic mass is 9.64. The Kier molecular flexibility index (Phi) is 2.37. The van der Waals surface area contributed by atoms with Crippen molar-refractivity contribution in [2.45, 2.75) is 45.5 Å². The first-order chi connectivity index (χ1) is 7.27. The number of rotatable bonds is 0. The maximum absolute atomic E-state index is 14.0. The lowest BCUT2D eigenvalue weighted by Gasteiger charge is -2.43. The van der Waals surface area contributed by atoms with Crippen LogP contribution < -0.4 is 0 Å². The van der Waals surface area contributed by atoms with Gasteiger partial charge in [0.25, 0.3) is 5.92 Å². The summed E-state index contributed by atoms with van der Waals surface area (Å²) in [7, 11) is 0. The van der Waals surface area contributed by atoms with Gasteiger partial charge >= 0.3 is 0 Å². The molecule has 1 aromatic rings. The van der Waals surface area contributed by atoms with Crippen molar-refractivity contribution in [3.63, 3.8) is 0 Å². The fourth-order valence-corrected chi connectivity index (χ4v) is 2.82. The molecule has 0 aromatic heterocycles. The van der Waals surface area contributed by atoms with Gasteiger partial charge in [0.05, 0.1) is 0 Å². The van der Waals surface area contributed by atoms with Crippen LogP contribution in [0.1, 0.15) is 43.9 Å². The number of benzene rings is 1. The molecule has 1 unspecified atom stereocenters. The van der Waals surface area contributed by atoms with Crippen LogP contribution in [-0.4, -0.2) is 0 Å². The highest BCUT2D eigenvalue weighted by Gasteiger charge is 2.48. The van der Waals surface area contributed by atoms with Gasteiger partial charge in [-0.25, -0.2) is 8.78 Å². The van der Waals surface area contributed by atoms with Crippen LogP contribution in [-0.2, 0) is 11.3 Å². The maximum atomic E-state index is 14.0. The van der Waals surface area contributed by atoms with E-state index in [2.05, 4.69) is 13.8 Å². The van der Waals surface area contributed by atoms with E-state index in [1.54, 1.807) is 12.1 Å². The zero-order chi connectivity index (χ0) is 12.1. The first-order valence-electron chi connectivity index (χ1n) is 5.75. The Morgan fingerprint density at radius 2 is 1.88 bits per heavy atom. The Balaban J connectivity index is 2.73. The van der Waals surface area contributed by atoms with E-state index in [1.807, 2.05) is 19.9 Å². The van der Waals surface area contributed by atoms with E-state index in [4.69, 9.17) is 0 Å². The van der Waals surface area contributed by atoms with Gasteiger partial charge in [-0.05, 0) is 29.4 Å². The molecule has 1 aromatic carbocycles. The summed E-state index contributed by atoms with van der Waals surface area (Å²) in [5.74, 6) is -2.67. The molecule has 1 aliphatic carbocycles. The SMILES string of the molecule is Cc1cccc2c1C(C)(C)C(C)CC2(F)F. The highest BCUT2D eigenvalue weighted by Crippen LogP contribution is 2.51. The zero-order valence-electron chi connectivity index (χ0n) is 10.3. The summed E-state index contributed by atoms with van der Waals surface area (Å²) in [5, 5.41) is 0. The van der Waals surface area contributed by atoms with Crippen LogP contribution in [0.25, 0.3) is 0 Å². The summed E-state index contributed by atoms with van der Waals surface area (Å²) in [6.07, 6.45) is -0.0452. The molecule has 0 heterocycles. The number of hydrogen-bond acceptors (Lipinski definition) is 0. The third-order valence-electron chi connectivity index (χ3n) is 4.11. The number of aryl methyl sites for hydroxylation is 1. The highest BCUT2D eigenvalue weighted by atomic mass is 19.3. The molecule has 0 N–H and O–H groups in total. The molecule has 0 amide bonds. The third-order valence-corrected chi connectivity index (χ3v) is 4.11. The van der Waals surface area contributed by atoms with Gasteiger partial charge in [0.1, 0.15) is 0 Å². The summed E-state index contributed by atoms with van der Waals surface area (Å²) in [6, 6.07) is 5.23. The largest absolute Gasteiger partial charge is 0.273 e. The van der Waals surface area contributed by atoms with E-state index in [-0.39, 0.29) is 23.3 Å². The minimum absolute atomic E-state index is 0.00361. The van der Waals surface area contributed by atoms with Crippen molar-refractivity contribution in [2.75, 3.05) is 0 Å². The molecule has 1 aliphatic rings. The second kappa shape index (κ2) is 3.28. The van der Waals surface area contributed by atoms with E-state index in [9.17, 15) is 8.78 Å². The predicted molar refractivity (Wildman–Crippen MR) is 61.9 cm³/mol. The quantitative estimate of drug-likeness (QED) is 0.612. The molecular formula is C14H18F2. The fourth-order valence-electron chi connectivity index (χ4n) is 2.82. The van der Waals surface area contributed by atoms with Gasteiger partial charge in [0, 0.05) is 12.0 Å². The van der Waals surface area contributed by atoms with Crippen LogP contribution in [0.2, 0.25) is 0 Å². The average Bonchev–Trinajstić information content (AvgIpc) is 2.14. The maximum Gasteiger partial charge on any atom is 0.273 e. The van der Waals surface area contributed by atoms with Gasteiger partial charge < -0.3 is 0 Å². The van der Waals surface area contributed by atoms with Crippen LogP contribution in [0, 0.1) is 12.8 Å². The van der Waals surface area contributed by atoms with Crippen LogP contribution in [0.5, 0.6) is 0 Å². The topological polar surface area (TPSA) is 0 Å². The highest BCUT2D eigenvalue weighted by molar-refractivity contribution is 5.44. The normalized spacial score (nSPS) is 26.2. The van der Waals surface area contributed by atoms with Crippen LogP contribution >= 0.6 is 0 Å². The van der Waals surface area contributed by atoms with Crippen molar-refractivity contribution in [1.82, 2.24) is 0 Å². The molecule has 88 valence electrons. The van der Waals surface area contributed by atoms with E-state index in [1.165, 1.54) is 0 Å². The van der Waals surface area contributed by atoms with Crippen molar-refractivity contribution >= 4 is 0 Å². The van der Waals surface area contributed by atoms with E-state index in [0.717, 1.165) is 11.1 Å².